The Balaban J connectivity index is 1.63. The SMILES string of the molecule is Cc1cc(C)cc(-n2c(C)cc([C@@H]3[C@@H](c4ccccn4)N=C4S[C@@H](C)CN43)c2C)c1. The maximum absolute atomic E-state index is 5.14. The van der Waals surface area contributed by atoms with E-state index in [2.05, 4.69) is 85.5 Å². The Bertz CT molecular complexity index is 1110. The summed E-state index contributed by atoms with van der Waals surface area (Å²) in [5, 5.41) is 1.73. The fourth-order valence-corrected chi connectivity index (χ4v) is 6.11. The lowest BCUT2D eigenvalue weighted by molar-refractivity contribution is 0.320. The van der Waals surface area contributed by atoms with Crippen molar-refractivity contribution < 1.29 is 0 Å². The van der Waals surface area contributed by atoms with Gasteiger partial charge in [-0.15, -0.1) is 0 Å². The van der Waals surface area contributed by atoms with Gasteiger partial charge in [0.15, 0.2) is 5.17 Å². The number of hydrogen-bond donors (Lipinski definition) is 0. The zero-order valence-electron chi connectivity index (χ0n) is 18.3. The highest BCUT2D eigenvalue weighted by atomic mass is 32.2. The van der Waals surface area contributed by atoms with Crippen molar-refractivity contribution in [1.82, 2.24) is 14.5 Å². The summed E-state index contributed by atoms with van der Waals surface area (Å²) < 4.78 is 2.40. The third-order valence-electron chi connectivity index (χ3n) is 6.13. The third-order valence-corrected chi connectivity index (χ3v) is 7.24. The number of benzene rings is 1. The van der Waals surface area contributed by atoms with Gasteiger partial charge >= 0.3 is 0 Å². The van der Waals surface area contributed by atoms with Crippen molar-refractivity contribution in [1.29, 1.82) is 0 Å². The molecule has 0 radical (unpaired) electrons. The molecule has 4 nitrogen and oxygen atoms in total. The van der Waals surface area contributed by atoms with Crippen molar-refractivity contribution in [3.05, 3.63) is 82.4 Å². The van der Waals surface area contributed by atoms with Crippen LogP contribution in [-0.2, 0) is 0 Å². The molecule has 5 rings (SSSR count). The molecule has 0 spiro atoms. The Labute approximate surface area is 183 Å². The average Bonchev–Trinajstić information content (AvgIpc) is 3.31. The molecule has 4 heterocycles. The molecule has 1 saturated heterocycles. The summed E-state index contributed by atoms with van der Waals surface area (Å²) in [7, 11) is 0. The smallest absolute Gasteiger partial charge is 0.160 e. The van der Waals surface area contributed by atoms with Crippen LogP contribution < -0.4 is 0 Å². The van der Waals surface area contributed by atoms with Crippen LogP contribution in [0.4, 0.5) is 0 Å². The second-order valence-electron chi connectivity index (χ2n) is 8.64. The van der Waals surface area contributed by atoms with Gasteiger partial charge in [-0.2, -0.15) is 0 Å². The molecular weight excluding hydrogens is 388 g/mol. The number of hydrogen-bond acceptors (Lipinski definition) is 4. The highest BCUT2D eigenvalue weighted by Gasteiger charge is 2.44. The molecule has 154 valence electrons. The number of rotatable bonds is 3. The first-order valence-electron chi connectivity index (χ1n) is 10.6. The Morgan fingerprint density at radius 1 is 1.00 bits per heavy atom. The fourth-order valence-electron chi connectivity index (χ4n) is 5.02. The molecule has 5 heteroatoms. The summed E-state index contributed by atoms with van der Waals surface area (Å²) in [6, 6.07) is 15.5. The molecule has 1 fully saturated rings. The lowest BCUT2D eigenvalue weighted by atomic mass is 9.96. The topological polar surface area (TPSA) is 33.4 Å². The van der Waals surface area contributed by atoms with Crippen LogP contribution >= 0.6 is 11.8 Å². The molecule has 0 saturated carbocycles. The molecule has 0 bridgehead atoms. The predicted molar refractivity (Wildman–Crippen MR) is 126 cm³/mol. The summed E-state index contributed by atoms with van der Waals surface area (Å²) in [4.78, 5) is 12.3. The number of amidine groups is 1. The van der Waals surface area contributed by atoms with Crippen LogP contribution in [0.2, 0.25) is 0 Å². The lowest BCUT2D eigenvalue weighted by Crippen LogP contribution is -2.28. The molecule has 1 aromatic carbocycles. The van der Waals surface area contributed by atoms with Crippen LogP contribution in [0.25, 0.3) is 5.69 Å². The summed E-state index contributed by atoms with van der Waals surface area (Å²) in [6.45, 7) is 12.1. The van der Waals surface area contributed by atoms with E-state index in [-0.39, 0.29) is 12.1 Å². The molecule has 2 aliphatic heterocycles. The molecule has 3 atom stereocenters. The van der Waals surface area contributed by atoms with Crippen molar-refractivity contribution in [2.45, 2.75) is 52.0 Å². The van der Waals surface area contributed by atoms with Gasteiger partial charge in [-0.05, 0) is 74.7 Å². The van der Waals surface area contributed by atoms with Gasteiger partial charge in [0.2, 0.25) is 0 Å². The predicted octanol–water partition coefficient (Wildman–Crippen LogP) is 5.70. The van der Waals surface area contributed by atoms with E-state index in [1.54, 1.807) is 0 Å². The number of aliphatic imine (C=N–C) groups is 1. The second kappa shape index (κ2) is 7.31. The van der Waals surface area contributed by atoms with E-state index in [0.717, 1.165) is 12.2 Å². The van der Waals surface area contributed by atoms with E-state index in [4.69, 9.17) is 4.99 Å². The van der Waals surface area contributed by atoms with Crippen molar-refractivity contribution in [2.75, 3.05) is 6.54 Å². The van der Waals surface area contributed by atoms with Crippen LogP contribution in [0.5, 0.6) is 0 Å². The molecule has 2 aliphatic rings. The first kappa shape index (κ1) is 19.4. The average molecular weight is 417 g/mol. The van der Waals surface area contributed by atoms with Crippen molar-refractivity contribution in [2.24, 2.45) is 4.99 Å². The van der Waals surface area contributed by atoms with Gasteiger partial charge in [0.05, 0.1) is 11.7 Å². The maximum atomic E-state index is 5.14. The van der Waals surface area contributed by atoms with Gasteiger partial charge in [-0.1, -0.05) is 30.8 Å². The minimum absolute atomic E-state index is 0.0365. The highest BCUT2D eigenvalue weighted by Crippen LogP contribution is 2.48. The fraction of sp³-hybridized carbons (Fsp3) is 0.360. The minimum atomic E-state index is 0.0365. The first-order valence-corrected chi connectivity index (χ1v) is 11.5. The molecule has 0 unspecified atom stereocenters. The zero-order valence-corrected chi connectivity index (χ0v) is 19.1. The quantitative estimate of drug-likeness (QED) is 0.549. The Hall–Kier alpha value is -2.53. The Morgan fingerprint density at radius 3 is 2.47 bits per heavy atom. The molecular formula is C25H28N4S. The van der Waals surface area contributed by atoms with Crippen LogP contribution in [0, 0.1) is 27.7 Å². The normalized spacial score (nSPS) is 23.0. The monoisotopic (exact) mass is 416 g/mol. The summed E-state index contributed by atoms with van der Waals surface area (Å²) in [5.74, 6) is 0. The number of pyridine rings is 1. The lowest BCUT2D eigenvalue weighted by Gasteiger charge is -2.27. The molecule has 2 aromatic heterocycles. The maximum Gasteiger partial charge on any atom is 0.160 e. The number of nitrogens with zero attached hydrogens (tertiary/aromatic N) is 4. The van der Waals surface area contributed by atoms with Gasteiger partial charge in [-0.3, -0.25) is 9.98 Å². The van der Waals surface area contributed by atoms with Gasteiger partial charge in [0.1, 0.15) is 6.04 Å². The first-order chi connectivity index (χ1) is 14.4. The zero-order chi connectivity index (χ0) is 21.0. The Kier molecular flexibility index (Phi) is 4.73. The molecule has 0 amide bonds. The standard InChI is InChI=1S/C25H28N4S/c1-15-10-16(2)12-20(11-15)29-17(3)13-21(19(29)5)24-23(22-8-6-7-9-26-22)27-25-28(24)14-18(4)30-25/h6-13,18,23-24H,14H2,1-5H3/t18-,23+,24+/m0/s1. The largest absolute Gasteiger partial charge is 0.341 e. The van der Waals surface area contributed by atoms with E-state index < -0.39 is 0 Å². The summed E-state index contributed by atoms with van der Waals surface area (Å²) >= 11 is 1.89. The number of aromatic nitrogens is 2. The minimum Gasteiger partial charge on any atom is -0.341 e. The van der Waals surface area contributed by atoms with Crippen LogP contribution in [-0.4, -0.2) is 31.4 Å². The van der Waals surface area contributed by atoms with Gasteiger partial charge in [0, 0.05) is 35.1 Å². The molecule has 0 N–H and O–H groups in total. The van der Waals surface area contributed by atoms with E-state index in [0.29, 0.717) is 5.25 Å². The van der Waals surface area contributed by atoms with Crippen molar-refractivity contribution >= 4 is 16.9 Å². The van der Waals surface area contributed by atoms with E-state index in [1.807, 2.05) is 24.0 Å². The number of aryl methyl sites for hydroxylation is 3. The number of fused-ring (bicyclic) bond motifs is 1. The van der Waals surface area contributed by atoms with E-state index >= 15 is 0 Å². The summed E-state index contributed by atoms with van der Waals surface area (Å²) in [5.41, 5.74) is 8.80. The van der Waals surface area contributed by atoms with Gasteiger partial charge < -0.3 is 9.47 Å². The van der Waals surface area contributed by atoms with E-state index in [9.17, 15) is 0 Å². The number of thioether (sulfide) groups is 1. The summed E-state index contributed by atoms with van der Waals surface area (Å²) in [6.07, 6.45) is 1.88. The molecule has 30 heavy (non-hydrogen) atoms. The Morgan fingerprint density at radius 2 is 1.77 bits per heavy atom. The molecule has 3 aromatic rings. The molecule has 0 aliphatic carbocycles. The van der Waals surface area contributed by atoms with Crippen molar-refractivity contribution in [3.8, 4) is 5.69 Å². The third kappa shape index (κ3) is 3.16. The van der Waals surface area contributed by atoms with Crippen LogP contribution in [0.15, 0.2) is 53.7 Å². The van der Waals surface area contributed by atoms with E-state index in [1.165, 1.54) is 38.9 Å². The highest BCUT2D eigenvalue weighted by molar-refractivity contribution is 8.14. The van der Waals surface area contributed by atoms with Gasteiger partial charge in [-0.25, -0.2) is 0 Å². The van der Waals surface area contributed by atoms with Gasteiger partial charge in [0.25, 0.3) is 0 Å². The van der Waals surface area contributed by atoms with Crippen LogP contribution in [0.3, 0.4) is 0 Å². The second-order valence-corrected chi connectivity index (χ2v) is 10.1. The van der Waals surface area contributed by atoms with Crippen molar-refractivity contribution in [3.63, 3.8) is 0 Å². The van der Waals surface area contributed by atoms with Crippen LogP contribution in [0.1, 0.15) is 52.8 Å².